The minimum absolute atomic E-state index is 1.28. The topological polar surface area (TPSA) is 3.88 Å². The maximum atomic E-state index is 2.34. The molecule has 3 heterocycles. The Labute approximate surface area is 125 Å². The highest BCUT2D eigenvalue weighted by Gasteiger charge is 2.20. The van der Waals surface area contributed by atoms with Gasteiger partial charge in [-0.15, -0.1) is 22.7 Å². The molecule has 0 aliphatic rings. The van der Waals surface area contributed by atoms with Crippen molar-refractivity contribution in [2.24, 2.45) is 7.05 Å². The quantitative estimate of drug-likeness (QED) is 0.439. The van der Waals surface area contributed by atoms with E-state index in [2.05, 4.69) is 66.4 Å². The van der Waals surface area contributed by atoms with Gasteiger partial charge in [-0.2, -0.15) is 4.57 Å². The molecule has 0 fully saturated rings. The lowest BCUT2D eigenvalue weighted by Gasteiger charge is -2.04. The molecule has 0 atom stereocenters. The maximum absolute atomic E-state index is 2.34. The molecule has 0 radical (unpaired) electrons. The first kappa shape index (κ1) is 12.1. The highest BCUT2D eigenvalue weighted by Crippen LogP contribution is 2.36. The zero-order chi connectivity index (χ0) is 13.7. The normalized spacial score (nSPS) is 11.5. The van der Waals surface area contributed by atoms with Gasteiger partial charge < -0.3 is 0 Å². The number of hydrogen-bond donors (Lipinski definition) is 0. The third kappa shape index (κ3) is 1.63. The predicted octanol–water partition coefficient (Wildman–Crippen LogP) is 4.92. The second-order valence-electron chi connectivity index (χ2n) is 5.02. The maximum Gasteiger partial charge on any atom is 0.241 e. The fourth-order valence-corrected chi connectivity index (χ4v) is 5.11. The van der Waals surface area contributed by atoms with Crippen molar-refractivity contribution in [1.29, 1.82) is 0 Å². The van der Waals surface area contributed by atoms with Crippen molar-refractivity contribution in [3.05, 3.63) is 53.4 Å². The van der Waals surface area contributed by atoms with Crippen molar-refractivity contribution in [3.63, 3.8) is 0 Å². The smallest absolute Gasteiger partial charge is 0.192 e. The molecule has 0 N–H and O–H groups in total. The van der Waals surface area contributed by atoms with E-state index in [0.29, 0.717) is 0 Å². The molecule has 0 saturated heterocycles. The van der Waals surface area contributed by atoms with Gasteiger partial charge in [0.1, 0.15) is 16.4 Å². The van der Waals surface area contributed by atoms with E-state index >= 15 is 0 Å². The van der Waals surface area contributed by atoms with E-state index in [9.17, 15) is 0 Å². The lowest BCUT2D eigenvalue weighted by atomic mass is 10.0. The molecule has 1 nitrogen and oxygen atoms in total. The fraction of sp³-hybridized carbons (Fsp3) is 0.118. The summed E-state index contributed by atoms with van der Waals surface area (Å²) >= 11 is 3.72. The fourth-order valence-electron chi connectivity index (χ4n) is 2.78. The Morgan fingerprint density at radius 2 is 1.80 bits per heavy atom. The van der Waals surface area contributed by atoms with Crippen LogP contribution in [0.15, 0.2) is 47.8 Å². The molecule has 0 saturated carbocycles. The number of aryl methyl sites for hydroxylation is 2. The molecule has 0 spiro atoms. The van der Waals surface area contributed by atoms with Crippen LogP contribution in [0, 0.1) is 6.92 Å². The van der Waals surface area contributed by atoms with Crippen LogP contribution in [0.2, 0.25) is 0 Å². The third-order valence-electron chi connectivity index (χ3n) is 3.81. The number of rotatable bonds is 1. The van der Waals surface area contributed by atoms with Crippen LogP contribution in [0.5, 0.6) is 0 Å². The van der Waals surface area contributed by atoms with E-state index < -0.39 is 0 Å². The number of thiophene rings is 2. The van der Waals surface area contributed by atoms with Crippen molar-refractivity contribution in [2.75, 3.05) is 0 Å². The summed E-state index contributed by atoms with van der Waals surface area (Å²) < 4.78 is 6.50. The van der Waals surface area contributed by atoms with Crippen LogP contribution in [0.1, 0.15) is 5.56 Å². The lowest BCUT2D eigenvalue weighted by molar-refractivity contribution is -0.632. The molecule has 0 unspecified atom stereocenters. The first-order valence-corrected chi connectivity index (χ1v) is 8.30. The monoisotopic (exact) mass is 296 g/mol. The SMILES string of the molecule is Cc1ccccc1-c1ccc2sc3ccsc3c2[n+]1C. The first-order valence-electron chi connectivity index (χ1n) is 6.60. The summed E-state index contributed by atoms with van der Waals surface area (Å²) in [5, 5.41) is 2.18. The molecule has 3 aromatic heterocycles. The number of fused-ring (bicyclic) bond motifs is 3. The molecule has 0 amide bonds. The van der Waals surface area contributed by atoms with Gasteiger partial charge in [0.25, 0.3) is 0 Å². The molecule has 0 aliphatic heterocycles. The van der Waals surface area contributed by atoms with Crippen LogP contribution >= 0.6 is 22.7 Å². The molecule has 4 aromatic rings. The summed E-state index contributed by atoms with van der Waals surface area (Å²) in [5.41, 5.74) is 5.28. The zero-order valence-electron chi connectivity index (χ0n) is 11.4. The van der Waals surface area contributed by atoms with Gasteiger partial charge in [0.2, 0.25) is 11.2 Å². The van der Waals surface area contributed by atoms with Crippen LogP contribution in [0.4, 0.5) is 0 Å². The standard InChI is InChI=1S/C17H14NS2/c1-11-5-3-4-6-12(11)13-7-8-14-16(18(13)2)17-15(20-14)9-10-19-17/h3-10H,1-2H3/q+1. The summed E-state index contributed by atoms with van der Waals surface area (Å²) in [6.07, 6.45) is 0. The summed E-state index contributed by atoms with van der Waals surface area (Å²) in [6, 6.07) is 15.3. The molecule has 20 heavy (non-hydrogen) atoms. The van der Waals surface area contributed by atoms with Crippen molar-refractivity contribution < 1.29 is 4.57 Å². The van der Waals surface area contributed by atoms with Gasteiger partial charge in [-0.3, -0.25) is 0 Å². The largest absolute Gasteiger partial charge is 0.241 e. The summed E-state index contributed by atoms with van der Waals surface area (Å²) in [5.74, 6) is 0. The van der Waals surface area contributed by atoms with E-state index in [1.807, 2.05) is 22.7 Å². The number of aromatic nitrogens is 1. The van der Waals surface area contributed by atoms with E-state index in [4.69, 9.17) is 0 Å². The van der Waals surface area contributed by atoms with Gasteiger partial charge in [-0.05, 0) is 36.1 Å². The second-order valence-corrected chi connectivity index (χ2v) is 7.02. The van der Waals surface area contributed by atoms with E-state index in [-0.39, 0.29) is 0 Å². The van der Waals surface area contributed by atoms with Crippen LogP contribution in [-0.2, 0) is 7.05 Å². The summed E-state index contributed by atoms with van der Waals surface area (Å²) in [4.78, 5) is 0. The van der Waals surface area contributed by atoms with Crippen LogP contribution in [0.25, 0.3) is 30.9 Å². The summed E-state index contributed by atoms with van der Waals surface area (Å²) in [7, 11) is 2.18. The number of hydrogen-bond acceptors (Lipinski definition) is 2. The van der Waals surface area contributed by atoms with Gasteiger partial charge in [-0.1, -0.05) is 18.2 Å². The third-order valence-corrected chi connectivity index (χ3v) is 5.97. The lowest BCUT2D eigenvalue weighted by Crippen LogP contribution is -2.31. The predicted molar refractivity (Wildman–Crippen MR) is 88.6 cm³/mol. The van der Waals surface area contributed by atoms with E-state index in [0.717, 1.165) is 0 Å². The Kier molecular flexibility index (Phi) is 2.65. The van der Waals surface area contributed by atoms with Crippen molar-refractivity contribution in [2.45, 2.75) is 6.92 Å². The van der Waals surface area contributed by atoms with Crippen molar-refractivity contribution in [1.82, 2.24) is 0 Å². The van der Waals surface area contributed by atoms with Crippen molar-refractivity contribution >= 4 is 42.3 Å². The molecule has 3 heteroatoms. The van der Waals surface area contributed by atoms with E-state index in [1.165, 1.54) is 36.4 Å². The minimum Gasteiger partial charge on any atom is -0.192 e. The van der Waals surface area contributed by atoms with Gasteiger partial charge in [0, 0.05) is 11.6 Å². The molecule has 0 bridgehead atoms. The van der Waals surface area contributed by atoms with Crippen LogP contribution in [0.3, 0.4) is 0 Å². The summed E-state index contributed by atoms with van der Waals surface area (Å²) in [6.45, 7) is 2.17. The minimum atomic E-state index is 1.28. The Morgan fingerprint density at radius 1 is 0.950 bits per heavy atom. The van der Waals surface area contributed by atoms with Crippen LogP contribution < -0.4 is 4.57 Å². The average Bonchev–Trinajstić information content (AvgIpc) is 3.00. The molecule has 4 rings (SSSR count). The molecular weight excluding hydrogens is 282 g/mol. The van der Waals surface area contributed by atoms with Gasteiger partial charge in [0.15, 0.2) is 0 Å². The molecule has 0 aliphatic carbocycles. The second kappa shape index (κ2) is 4.40. The molecule has 98 valence electrons. The molecular formula is C17H14NS2+. The van der Waals surface area contributed by atoms with E-state index in [1.54, 1.807) is 0 Å². The highest BCUT2D eigenvalue weighted by atomic mass is 32.1. The number of pyridine rings is 1. The molecule has 1 aromatic carbocycles. The Bertz CT molecular complexity index is 931. The number of nitrogens with zero attached hydrogens (tertiary/aromatic N) is 1. The van der Waals surface area contributed by atoms with Crippen LogP contribution in [-0.4, -0.2) is 0 Å². The Morgan fingerprint density at radius 3 is 2.65 bits per heavy atom. The Balaban J connectivity index is 2.10. The van der Waals surface area contributed by atoms with Gasteiger partial charge in [0.05, 0.1) is 4.70 Å². The average molecular weight is 296 g/mol. The highest BCUT2D eigenvalue weighted by molar-refractivity contribution is 7.31. The Hall–Kier alpha value is -1.71. The first-order chi connectivity index (χ1) is 9.75. The zero-order valence-corrected chi connectivity index (χ0v) is 13.0. The van der Waals surface area contributed by atoms with Crippen molar-refractivity contribution in [3.8, 4) is 11.3 Å². The number of benzene rings is 1. The van der Waals surface area contributed by atoms with Gasteiger partial charge in [-0.25, -0.2) is 0 Å². The van der Waals surface area contributed by atoms with Gasteiger partial charge >= 0.3 is 0 Å².